The zero-order valence-electron chi connectivity index (χ0n) is 9.37. The van der Waals surface area contributed by atoms with Crippen LogP contribution in [-0.2, 0) is 7.05 Å². The Morgan fingerprint density at radius 3 is 2.60 bits per heavy atom. The van der Waals surface area contributed by atoms with Crippen molar-refractivity contribution in [3.05, 3.63) is 17.7 Å². The molecule has 3 rings (SSSR count). The minimum atomic E-state index is 0.684. The average Bonchev–Trinajstić information content (AvgIpc) is 3.04. The fourth-order valence-electron chi connectivity index (χ4n) is 2.54. The summed E-state index contributed by atoms with van der Waals surface area (Å²) in [7, 11) is 2.15. The van der Waals surface area contributed by atoms with Crippen molar-refractivity contribution in [1.82, 2.24) is 14.9 Å². The summed E-state index contributed by atoms with van der Waals surface area (Å²) in [5.74, 6) is 2.79. The first-order valence-corrected chi connectivity index (χ1v) is 6.08. The van der Waals surface area contributed by atoms with Gasteiger partial charge in [-0.3, -0.25) is 0 Å². The van der Waals surface area contributed by atoms with Gasteiger partial charge in [-0.05, 0) is 38.8 Å². The Hall–Kier alpha value is -0.830. The van der Waals surface area contributed by atoms with E-state index in [9.17, 15) is 0 Å². The fraction of sp³-hybridized carbons (Fsp3) is 0.750. The van der Waals surface area contributed by atoms with Crippen molar-refractivity contribution in [3.63, 3.8) is 0 Å². The van der Waals surface area contributed by atoms with E-state index in [0.717, 1.165) is 19.0 Å². The number of rotatable bonds is 2. The van der Waals surface area contributed by atoms with Gasteiger partial charge in [0.05, 0.1) is 5.69 Å². The van der Waals surface area contributed by atoms with E-state index in [1.165, 1.54) is 37.2 Å². The summed E-state index contributed by atoms with van der Waals surface area (Å²) in [6.07, 6.45) is 7.43. The molecule has 0 radical (unpaired) electrons. The highest BCUT2D eigenvalue weighted by molar-refractivity contribution is 5.16. The zero-order chi connectivity index (χ0) is 10.3. The molecule has 0 amide bonds. The highest BCUT2D eigenvalue weighted by Crippen LogP contribution is 2.40. The molecule has 1 N–H and O–H groups in total. The molecule has 3 heteroatoms. The largest absolute Gasteiger partial charge is 0.337 e. The second-order valence-electron chi connectivity index (χ2n) is 4.93. The molecule has 82 valence electrons. The third-order valence-electron chi connectivity index (χ3n) is 3.63. The van der Waals surface area contributed by atoms with Gasteiger partial charge in [-0.25, -0.2) is 4.98 Å². The Kier molecular flexibility index (Phi) is 2.28. The predicted octanol–water partition coefficient (Wildman–Crippen LogP) is 1.76. The van der Waals surface area contributed by atoms with Crippen LogP contribution in [0.2, 0.25) is 0 Å². The Morgan fingerprint density at radius 2 is 1.93 bits per heavy atom. The van der Waals surface area contributed by atoms with Crippen molar-refractivity contribution in [1.29, 1.82) is 0 Å². The first kappa shape index (κ1) is 9.40. The zero-order valence-corrected chi connectivity index (χ0v) is 9.37. The van der Waals surface area contributed by atoms with Gasteiger partial charge in [-0.1, -0.05) is 0 Å². The number of hydrogen-bond acceptors (Lipinski definition) is 2. The smallest absolute Gasteiger partial charge is 0.111 e. The molecule has 2 heterocycles. The summed E-state index contributed by atoms with van der Waals surface area (Å²) >= 11 is 0. The van der Waals surface area contributed by atoms with Crippen molar-refractivity contribution in [2.45, 2.75) is 37.5 Å². The van der Waals surface area contributed by atoms with Gasteiger partial charge in [-0.2, -0.15) is 0 Å². The number of piperidine rings is 1. The minimum Gasteiger partial charge on any atom is -0.337 e. The van der Waals surface area contributed by atoms with Crippen LogP contribution in [0.5, 0.6) is 0 Å². The number of aromatic nitrogens is 2. The van der Waals surface area contributed by atoms with Crippen molar-refractivity contribution >= 4 is 0 Å². The molecule has 1 aliphatic carbocycles. The maximum Gasteiger partial charge on any atom is 0.111 e. The number of nitrogens with one attached hydrogen (secondary N) is 1. The molecular weight excluding hydrogens is 186 g/mol. The van der Waals surface area contributed by atoms with E-state index in [1.807, 2.05) is 0 Å². The number of aryl methyl sites for hydroxylation is 1. The van der Waals surface area contributed by atoms with Gasteiger partial charge in [0.25, 0.3) is 0 Å². The van der Waals surface area contributed by atoms with E-state index >= 15 is 0 Å². The Balaban J connectivity index is 1.82. The van der Waals surface area contributed by atoms with Gasteiger partial charge in [0, 0.05) is 25.1 Å². The molecule has 3 nitrogen and oxygen atoms in total. The van der Waals surface area contributed by atoms with Crippen LogP contribution >= 0.6 is 0 Å². The summed E-state index contributed by atoms with van der Waals surface area (Å²) < 4.78 is 2.25. The minimum absolute atomic E-state index is 0.684. The lowest BCUT2D eigenvalue weighted by atomic mass is 9.97. The standard InChI is InChI=1S/C12H19N3/c1-15-8-11(9-2-3-9)14-12(15)10-4-6-13-7-5-10/h8-10,13H,2-7H2,1H3. The van der Waals surface area contributed by atoms with E-state index in [1.54, 1.807) is 0 Å². The molecule has 1 saturated heterocycles. The third kappa shape index (κ3) is 1.81. The highest BCUT2D eigenvalue weighted by Gasteiger charge is 2.28. The fourth-order valence-corrected chi connectivity index (χ4v) is 2.54. The first-order chi connectivity index (χ1) is 7.34. The average molecular weight is 205 g/mol. The van der Waals surface area contributed by atoms with E-state index in [-0.39, 0.29) is 0 Å². The van der Waals surface area contributed by atoms with Gasteiger partial charge < -0.3 is 9.88 Å². The van der Waals surface area contributed by atoms with E-state index in [0.29, 0.717) is 5.92 Å². The van der Waals surface area contributed by atoms with Crippen molar-refractivity contribution in [2.24, 2.45) is 7.05 Å². The van der Waals surface area contributed by atoms with Crippen LogP contribution in [0.1, 0.15) is 49.0 Å². The molecule has 1 aromatic heterocycles. The maximum absolute atomic E-state index is 4.83. The van der Waals surface area contributed by atoms with Crippen molar-refractivity contribution in [2.75, 3.05) is 13.1 Å². The summed E-state index contributed by atoms with van der Waals surface area (Å²) in [5, 5.41) is 3.41. The molecule has 0 bridgehead atoms. The van der Waals surface area contributed by atoms with Crippen molar-refractivity contribution < 1.29 is 0 Å². The lowest BCUT2D eigenvalue weighted by Gasteiger charge is -2.21. The Labute approximate surface area is 90.9 Å². The number of nitrogens with zero attached hydrogens (tertiary/aromatic N) is 2. The van der Waals surface area contributed by atoms with E-state index < -0.39 is 0 Å². The lowest BCUT2D eigenvalue weighted by Crippen LogP contribution is -2.27. The van der Waals surface area contributed by atoms with Gasteiger partial charge in [0.15, 0.2) is 0 Å². The van der Waals surface area contributed by atoms with Gasteiger partial charge in [0.1, 0.15) is 5.82 Å². The van der Waals surface area contributed by atoms with E-state index in [2.05, 4.69) is 23.1 Å². The van der Waals surface area contributed by atoms with Crippen LogP contribution in [0, 0.1) is 0 Å². The molecule has 0 unspecified atom stereocenters. The summed E-state index contributed by atoms with van der Waals surface area (Å²) in [6, 6.07) is 0. The van der Waals surface area contributed by atoms with Crippen molar-refractivity contribution in [3.8, 4) is 0 Å². The molecule has 0 atom stereocenters. The molecule has 1 aromatic rings. The SMILES string of the molecule is Cn1cc(C2CC2)nc1C1CCNCC1. The maximum atomic E-state index is 4.83. The lowest BCUT2D eigenvalue weighted by molar-refractivity contribution is 0.437. The predicted molar refractivity (Wildman–Crippen MR) is 60.0 cm³/mol. The molecule has 2 aliphatic rings. The molecule has 15 heavy (non-hydrogen) atoms. The topological polar surface area (TPSA) is 29.9 Å². The summed E-state index contributed by atoms with van der Waals surface area (Å²) in [5.41, 5.74) is 1.34. The quantitative estimate of drug-likeness (QED) is 0.797. The third-order valence-corrected chi connectivity index (χ3v) is 3.63. The second-order valence-corrected chi connectivity index (χ2v) is 4.93. The van der Waals surface area contributed by atoms with Gasteiger partial charge >= 0.3 is 0 Å². The van der Waals surface area contributed by atoms with Crippen LogP contribution in [0.15, 0.2) is 6.20 Å². The molecule has 1 saturated carbocycles. The second kappa shape index (κ2) is 3.63. The normalized spacial score (nSPS) is 23.3. The van der Waals surface area contributed by atoms with Crippen LogP contribution in [0.25, 0.3) is 0 Å². The van der Waals surface area contributed by atoms with Crippen LogP contribution in [-0.4, -0.2) is 22.6 Å². The number of hydrogen-bond donors (Lipinski definition) is 1. The molecule has 2 fully saturated rings. The Bertz CT molecular complexity index is 346. The Morgan fingerprint density at radius 1 is 1.20 bits per heavy atom. The molecular formula is C12H19N3. The monoisotopic (exact) mass is 205 g/mol. The van der Waals surface area contributed by atoms with Crippen LogP contribution in [0.4, 0.5) is 0 Å². The van der Waals surface area contributed by atoms with E-state index in [4.69, 9.17) is 4.98 Å². The van der Waals surface area contributed by atoms with Crippen LogP contribution in [0.3, 0.4) is 0 Å². The first-order valence-electron chi connectivity index (χ1n) is 6.08. The number of imidazole rings is 1. The van der Waals surface area contributed by atoms with Gasteiger partial charge in [-0.15, -0.1) is 0 Å². The molecule has 1 aliphatic heterocycles. The van der Waals surface area contributed by atoms with Crippen LogP contribution < -0.4 is 5.32 Å². The summed E-state index contributed by atoms with van der Waals surface area (Å²) in [4.78, 5) is 4.83. The van der Waals surface area contributed by atoms with Gasteiger partial charge in [0.2, 0.25) is 0 Å². The molecule has 0 aromatic carbocycles. The summed E-state index contributed by atoms with van der Waals surface area (Å²) in [6.45, 7) is 2.30. The molecule has 0 spiro atoms. The highest BCUT2D eigenvalue weighted by atomic mass is 15.1.